The molecule has 0 saturated carbocycles. The zero-order chi connectivity index (χ0) is 19.8. The number of anilines is 2. The Morgan fingerprint density at radius 3 is 2.86 bits per heavy atom. The molecule has 2 fully saturated rings. The summed E-state index contributed by atoms with van der Waals surface area (Å²) in [7, 11) is 0. The predicted molar refractivity (Wildman–Crippen MR) is 115 cm³/mol. The van der Waals surface area contributed by atoms with Gasteiger partial charge in [-0.3, -0.25) is 4.79 Å². The number of hydrogen-bond donors (Lipinski definition) is 1. The molecule has 3 aromatic rings. The molecule has 7 nitrogen and oxygen atoms in total. The largest absolute Gasteiger partial charge is 0.368 e. The van der Waals surface area contributed by atoms with E-state index in [9.17, 15) is 4.79 Å². The van der Waals surface area contributed by atoms with Crippen molar-refractivity contribution in [3.63, 3.8) is 0 Å². The molecule has 2 saturated heterocycles. The van der Waals surface area contributed by atoms with Crippen molar-refractivity contribution in [1.82, 2.24) is 14.6 Å². The Balaban J connectivity index is 1.55. The Kier molecular flexibility index (Phi) is 4.97. The van der Waals surface area contributed by atoms with Crippen LogP contribution >= 0.6 is 11.3 Å². The second kappa shape index (κ2) is 7.76. The van der Waals surface area contributed by atoms with Gasteiger partial charge in [-0.1, -0.05) is 35.1 Å². The number of nitrogens with one attached hydrogen (secondary N) is 1. The van der Waals surface area contributed by atoms with Crippen LogP contribution in [0.5, 0.6) is 0 Å². The van der Waals surface area contributed by atoms with Gasteiger partial charge < -0.3 is 15.0 Å². The van der Waals surface area contributed by atoms with E-state index in [1.54, 1.807) is 15.9 Å². The van der Waals surface area contributed by atoms with Crippen LogP contribution in [0, 0.1) is 6.92 Å². The van der Waals surface area contributed by atoms with E-state index in [0.717, 1.165) is 52.8 Å². The molecule has 1 aromatic carbocycles. The number of fused-ring (bicyclic) bond motifs is 1. The van der Waals surface area contributed by atoms with Gasteiger partial charge in [0.1, 0.15) is 11.8 Å². The van der Waals surface area contributed by atoms with Crippen LogP contribution in [0.25, 0.3) is 16.2 Å². The first-order valence-electron chi connectivity index (χ1n) is 10.3. The highest BCUT2D eigenvalue weighted by atomic mass is 32.1. The number of ether oxygens (including phenoxy) is 1. The number of amides is 1. The summed E-state index contributed by atoms with van der Waals surface area (Å²) in [5.74, 6) is 0.510. The van der Waals surface area contributed by atoms with Gasteiger partial charge in [0, 0.05) is 25.3 Å². The van der Waals surface area contributed by atoms with Crippen molar-refractivity contribution >= 4 is 33.2 Å². The number of aryl methyl sites for hydroxylation is 1. The molecule has 0 radical (unpaired) electrons. The first-order valence-corrected chi connectivity index (χ1v) is 11.1. The number of benzene rings is 1. The molecule has 0 bridgehead atoms. The van der Waals surface area contributed by atoms with Crippen molar-refractivity contribution in [2.24, 2.45) is 0 Å². The lowest BCUT2D eigenvalue weighted by atomic mass is 10.1. The van der Waals surface area contributed by atoms with E-state index in [1.165, 1.54) is 19.3 Å². The Hall–Kier alpha value is -2.45. The lowest BCUT2D eigenvalue weighted by molar-refractivity contribution is -0.124. The summed E-state index contributed by atoms with van der Waals surface area (Å²) in [6, 6.07) is 8.17. The maximum absolute atomic E-state index is 12.8. The molecule has 1 atom stereocenters. The van der Waals surface area contributed by atoms with Crippen LogP contribution in [0.3, 0.4) is 0 Å². The molecule has 8 heteroatoms. The minimum atomic E-state index is -0.397. The fourth-order valence-corrected chi connectivity index (χ4v) is 4.99. The number of aromatic nitrogens is 3. The second-order valence-corrected chi connectivity index (χ2v) is 8.73. The zero-order valence-electron chi connectivity index (χ0n) is 16.6. The summed E-state index contributed by atoms with van der Waals surface area (Å²) >= 11 is 1.58. The molecule has 0 unspecified atom stereocenters. The maximum Gasteiger partial charge on any atom is 0.254 e. The summed E-state index contributed by atoms with van der Waals surface area (Å²) in [4.78, 5) is 20.8. The molecule has 1 amide bonds. The number of carbonyl (C=O) groups excluding carboxylic acids is 1. The Morgan fingerprint density at radius 2 is 2.10 bits per heavy atom. The summed E-state index contributed by atoms with van der Waals surface area (Å²) in [6.45, 7) is 4.75. The molecular weight excluding hydrogens is 386 g/mol. The quantitative estimate of drug-likeness (QED) is 0.706. The lowest BCUT2D eigenvalue weighted by Gasteiger charge is -2.25. The third kappa shape index (κ3) is 3.62. The first-order chi connectivity index (χ1) is 14.2. The highest BCUT2D eigenvalue weighted by Crippen LogP contribution is 2.34. The van der Waals surface area contributed by atoms with Gasteiger partial charge in [0.2, 0.25) is 10.1 Å². The Labute approximate surface area is 173 Å². The summed E-state index contributed by atoms with van der Waals surface area (Å²) in [5, 5.41) is 8.87. The summed E-state index contributed by atoms with van der Waals surface area (Å²) in [6.07, 6.45) is 4.94. The minimum Gasteiger partial charge on any atom is -0.368 e. The highest BCUT2D eigenvalue weighted by molar-refractivity contribution is 7.20. The molecule has 4 heterocycles. The Morgan fingerprint density at radius 1 is 1.24 bits per heavy atom. The van der Waals surface area contributed by atoms with E-state index < -0.39 is 6.10 Å². The SMILES string of the molecule is Cc1cccc(-c2nc3sc(N4CCCCC4)nn3c2NC(=O)[C@@H]2CCCO2)c1. The molecule has 1 N–H and O–H groups in total. The topological polar surface area (TPSA) is 71.8 Å². The molecule has 2 aliphatic heterocycles. The van der Waals surface area contributed by atoms with Crippen molar-refractivity contribution in [3.8, 4) is 11.3 Å². The van der Waals surface area contributed by atoms with Gasteiger partial charge in [-0.05, 0) is 45.1 Å². The van der Waals surface area contributed by atoms with Crippen molar-refractivity contribution in [1.29, 1.82) is 0 Å². The predicted octanol–water partition coefficient (Wildman–Crippen LogP) is 3.87. The van der Waals surface area contributed by atoms with Crippen LogP contribution in [-0.2, 0) is 9.53 Å². The zero-order valence-corrected chi connectivity index (χ0v) is 17.4. The first kappa shape index (κ1) is 18.6. The van der Waals surface area contributed by atoms with Gasteiger partial charge in [0.15, 0.2) is 5.82 Å². The van der Waals surface area contributed by atoms with Gasteiger partial charge in [-0.15, -0.1) is 5.10 Å². The number of nitrogens with zero attached hydrogens (tertiary/aromatic N) is 4. The number of rotatable bonds is 4. The van der Waals surface area contributed by atoms with Crippen LogP contribution in [0.2, 0.25) is 0 Å². The third-order valence-electron chi connectivity index (χ3n) is 5.57. The lowest BCUT2D eigenvalue weighted by Crippen LogP contribution is -2.29. The molecule has 2 aliphatic rings. The Bertz CT molecular complexity index is 1030. The van der Waals surface area contributed by atoms with E-state index in [2.05, 4.69) is 29.3 Å². The smallest absolute Gasteiger partial charge is 0.254 e. The van der Waals surface area contributed by atoms with Crippen LogP contribution in [0.4, 0.5) is 10.9 Å². The van der Waals surface area contributed by atoms with E-state index in [0.29, 0.717) is 12.4 Å². The standard InChI is InChI=1S/C21H25N5O2S/c1-14-7-5-8-15(13-14)17-18(23-19(27)16-9-6-12-28-16)26-20(22-17)29-21(24-26)25-10-3-2-4-11-25/h5,7-8,13,16H,2-4,6,9-12H2,1H3,(H,23,27)/t16-/m0/s1. The molecule has 152 valence electrons. The van der Waals surface area contributed by atoms with Crippen LogP contribution in [0.1, 0.15) is 37.7 Å². The maximum atomic E-state index is 12.8. The average Bonchev–Trinajstić information content (AvgIpc) is 3.46. The normalized spacial score (nSPS) is 19.8. The molecule has 0 spiro atoms. The average molecular weight is 412 g/mol. The van der Waals surface area contributed by atoms with Gasteiger partial charge >= 0.3 is 0 Å². The van der Waals surface area contributed by atoms with Gasteiger partial charge in [-0.2, -0.15) is 4.52 Å². The van der Waals surface area contributed by atoms with E-state index >= 15 is 0 Å². The molecular formula is C21H25N5O2S. The van der Waals surface area contributed by atoms with Gasteiger partial charge in [0.25, 0.3) is 5.91 Å². The third-order valence-corrected chi connectivity index (χ3v) is 6.54. The van der Waals surface area contributed by atoms with Crippen molar-refractivity contribution in [2.45, 2.75) is 45.1 Å². The van der Waals surface area contributed by atoms with Gasteiger partial charge in [-0.25, -0.2) is 4.98 Å². The van der Waals surface area contributed by atoms with E-state index in [4.69, 9.17) is 14.8 Å². The molecule has 2 aromatic heterocycles. The fourth-order valence-electron chi connectivity index (χ4n) is 4.04. The number of imidazole rings is 1. The summed E-state index contributed by atoms with van der Waals surface area (Å²) < 4.78 is 7.36. The fraction of sp³-hybridized carbons (Fsp3) is 0.476. The second-order valence-electron chi connectivity index (χ2n) is 7.80. The molecule has 0 aliphatic carbocycles. The number of hydrogen-bond acceptors (Lipinski definition) is 6. The summed E-state index contributed by atoms with van der Waals surface area (Å²) in [5.41, 5.74) is 2.88. The van der Waals surface area contributed by atoms with Gasteiger partial charge in [0.05, 0.1) is 0 Å². The van der Waals surface area contributed by atoms with Crippen LogP contribution in [0.15, 0.2) is 24.3 Å². The van der Waals surface area contributed by atoms with E-state index in [-0.39, 0.29) is 5.91 Å². The van der Waals surface area contributed by atoms with Crippen molar-refractivity contribution in [3.05, 3.63) is 29.8 Å². The van der Waals surface area contributed by atoms with Crippen LogP contribution in [-0.4, -0.2) is 46.3 Å². The number of carbonyl (C=O) groups is 1. The molecule has 29 heavy (non-hydrogen) atoms. The van der Waals surface area contributed by atoms with Crippen molar-refractivity contribution < 1.29 is 9.53 Å². The highest BCUT2D eigenvalue weighted by Gasteiger charge is 2.28. The monoisotopic (exact) mass is 411 g/mol. The van der Waals surface area contributed by atoms with Crippen molar-refractivity contribution in [2.75, 3.05) is 29.9 Å². The van der Waals surface area contributed by atoms with E-state index in [1.807, 2.05) is 12.1 Å². The molecule has 5 rings (SSSR count). The number of piperidine rings is 1. The van der Waals surface area contributed by atoms with Crippen LogP contribution < -0.4 is 10.2 Å². The minimum absolute atomic E-state index is 0.120.